The summed E-state index contributed by atoms with van der Waals surface area (Å²) in [7, 11) is -3.47. The number of nitrogens with zero attached hydrogens (tertiary/aromatic N) is 2. The molecular formula is C12H22N4O2S2. The largest absolute Gasteiger partial charge is 0.316 e. The lowest BCUT2D eigenvalue weighted by Gasteiger charge is -2.31. The summed E-state index contributed by atoms with van der Waals surface area (Å²) < 4.78 is 28.7. The molecule has 1 aromatic rings. The summed E-state index contributed by atoms with van der Waals surface area (Å²) in [6.07, 6.45) is 4.69. The molecule has 114 valence electrons. The molecule has 0 radical (unpaired) electrons. The summed E-state index contributed by atoms with van der Waals surface area (Å²) in [5.41, 5.74) is 0. The van der Waals surface area contributed by atoms with Gasteiger partial charge in [0, 0.05) is 24.7 Å². The zero-order valence-corrected chi connectivity index (χ0v) is 13.3. The number of hydrogen-bond donors (Lipinski definition) is 2. The fourth-order valence-corrected chi connectivity index (χ4v) is 4.40. The van der Waals surface area contributed by atoms with E-state index in [-0.39, 0.29) is 0 Å². The molecule has 6 nitrogen and oxygen atoms in total. The Bertz CT molecular complexity index is 490. The normalized spacial score (nSPS) is 20.9. The second-order valence-electron chi connectivity index (χ2n) is 5.01. The molecule has 0 amide bonds. The van der Waals surface area contributed by atoms with Crippen molar-refractivity contribution in [2.75, 3.05) is 30.9 Å². The van der Waals surface area contributed by atoms with Crippen LogP contribution in [0.2, 0.25) is 0 Å². The van der Waals surface area contributed by atoms with Gasteiger partial charge >= 0.3 is 10.2 Å². The average molecular weight is 318 g/mol. The molecule has 1 aliphatic heterocycles. The number of nitrogens with one attached hydrogen (secondary N) is 2. The van der Waals surface area contributed by atoms with E-state index in [0.717, 1.165) is 32.4 Å². The quantitative estimate of drug-likeness (QED) is 0.747. The van der Waals surface area contributed by atoms with Gasteiger partial charge in [-0.05, 0) is 38.3 Å². The van der Waals surface area contributed by atoms with Gasteiger partial charge in [-0.3, -0.25) is 0 Å². The third kappa shape index (κ3) is 4.41. The van der Waals surface area contributed by atoms with Gasteiger partial charge in [0.25, 0.3) is 0 Å². The topological polar surface area (TPSA) is 74.3 Å². The minimum absolute atomic E-state index is 0.392. The second kappa shape index (κ2) is 7.35. The maximum Gasteiger partial charge on any atom is 0.303 e. The fraction of sp³-hybridized carbons (Fsp3) is 0.750. The molecule has 1 saturated heterocycles. The highest BCUT2D eigenvalue weighted by Gasteiger charge is 2.29. The molecule has 8 heteroatoms. The first-order chi connectivity index (χ1) is 9.62. The number of rotatable bonds is 7. The van der Waals surface area contributed by atoms with E-state index >= 15 is 0 Å². The van der Waals surface area contributed by atoms with Crippen LogP contribution in [0, 0.1) is 5.92 Å². The van der Waals surface area contributed by atoms with Crippen molar-refractivity contribution in [3.63, 3.8) is 0 Å². The lowest BCUT2D eigenvalue weighted by Crippen LogP contribution is -2.45. The predicted molar refractivity (Wildman–Crippen MR) is 82.1 cm³/mol. The molecular weight excluding hydrogens is 296 g/mol. The van der Waals surface area contributed by atoms with Crippen LogP contribution in [0.4, 0.5) is 5.13 Å². The number of anilines is 1. The van der Waals surface area contributed by atoms with Crippen molar-refractivity contribution in [2.24, 2.45) is 5.92 Å². The molecule has 2 N–H and O–H groups in total. The van der Waals surface area contributed by atoms with Crippen molar-refractivity contribution in [1.82, 2.24) is 14.6 Å². The van der Waals surface area contributed by atoms with Crippen molar-refractivity contribution in [2.45, 2.75) is 26.2 Å². The van der Waals surface area contributed by atoms with Gasteiger partial charge in [-0.15, -0.1) is 11.3 Å². The van der Waals surface area contributed by atoms with E-state index in [2.05, 4.69) is 21.9 Å². The highest BCUT2D eigenvalue weighted by atomic mass is 32.2. The maximum absolute atomic E-state index is 12.3. The van der Waals surface area contributed by atoms with Crippen LogP contribution in [0.1, 0.15) is 26.2 Å². The molecule has 1 aromatic heterocycles. The van der Waals surface area contributed by atoms with Gasteiger partial charge in [-0.2, -0.15) is 12.7 Å². The smallest absolute Gasteiger partial charge is 0.303 e. The van der Waals surface area contributed by atoms with Crippen LogP contribution in [-0.2, 0) is 10.2 Å². The number of hydrogen-bond acceptors (Lipinski definition) is 5. The van der Waals surface area contributed by atoms with Crippen molar-refractivity contribution in [3.05, 3.63) is 11.6 Å². The van der Waals surface area contributed by atoms with Crippen LogP contribution >= 0.6 is 11.3 Å². The van der Waals surface area contributed by atoms with Crippen LogP contribution in [0.15, 0.2) is 11.6 Å². The van der Waals surface area contributed by atoms with Crippen LogP contribution < -0.4 is 10.0 Å². The van der Waals surface area contributed by atoms with E-state index in [1.54, 1.807) is 11.6 Å². The standard InChI is InChI=1S/C12H22N4O2S2/c1-2-5-13-9-11-4-3-7-16(10-11)20(17,18)15-12-14-6-8-19-12/h6,8,11,13H,2-5,7,9-10H2,1H3,(H,14,15). The third-order valence-corrected chi connectivity index (χ3v) is 5.61. The molecule has 0 aliphatic carbocycles. The summed E-state index contributed by atoms with van der Waals surface area (Å²) in [6.45, 7) is 5.17. The van der Waals surface area contributed by atoms with E-state index in [1.807, 2.05) is 0 Å². The third-order valence-electron chi connectivity index (χ3n) is 3.33. The van der Waals surface area contributed by atoms with Crippen molar-refractivity contribution < 1.29 is 8.42 Å². The van der Waals surface area contributed by atoms with Gasteiger partial charge in [0.1, 0.15) is 0 Å². The zero-order chi connectivity index (χ0) is 14.4. The lowest BCUT2D eigenvalue weighted by atomic mass is 10.00. The molecule has 1 fully saturated rings. The summed E-state index contributed by atoms with van der Waals surface area (Å²) >= 11 is 1.29. The van der Waals surface area contributed by atoms with E-state index in [9.17, 15) is 8.42 Å². The van der Waals surface area contributed by atoms with Crippen LogP contribution in [0.25, 0.3) is 0 Å². The van der Waals surface area contributed by atoms with E-state index in [4.69, 9.17) is 0 Å². The van der Waals surface area contributed by atoms with Crippen LogP contribution in [-0.4, -0.2) is 43.9 Å². The second-order valence-corrected chi connectivity index (χ2v) is 7.58. The molecule has 2 heterocycles. The zero-order valence-electron chi connectivity index (χ0n) is 11.7. The van der Waals surface area contributed by atoms with Crippen molar-refractivity contribution in [3.8, 4) is 0 Å². The van der Waals surface area contributed by atoms with Crippen molar-refractivity contribution in [1.29, 1.82) is 0 Å². The first-order valence-electron chi connectivity index (χ1n) is 7.00. The van der Waals surface area contributed by atoms with E-state index in [0.29, 0.717) is 24.1 Å². The number of piperidine rings is 1. The van der Waals surface area contributed by atoms with Gasteiger partial charge in [0.05, 0.1) is 0 Å². The molecule has 1 unspecified atom stereocenters. The van der Waals surface area contributed by atoms with Gasteiger partial charge in [0.2, 0.25) is 0 Å². The predicted octanol–water partition coefficient (Wildman–Crippen LogP) is 1.51. The molecule has 20 heavy (non-hydrogen) atoms. The molecule has 0 aromatic carbocycles. The van der Waals surface area contributed by atoms with E-state index < -0.39 is 10.2 Å². The summed E-state index contributed by atoms with van der Waals surface area (Å²) in [5, 5.41) is 5.55. The van der Waals surface area contributed by atoms with Gasteiger partial charge < -0.3 is 5.32 Å². The minimum atomic E-state index is -3.47. The SMILES string of the molecule is CCCNCC1CCCN(S(=O)(=O)Nc2nccs2)C1. The van der Waals surface area contributed by atoms with Gasteiger partial charge in [-0.1, -0.05) is 6.92 Å². The molecule has 2 rings (SSSR count). The van der Waals surface area contributed by atoms with Crippen LogP contribution in [0.3, 0.4) is 0 Å². The number of thiazole rings is 1. The molecule has 0 saturated carbocycles. The Morgan fingerprint density at radius 3 is 3.10 bits per heavy atom. The fourth-order valence-electron chi connectivity index (χ4n) is 2.34. The van der Waals surface area contributed by atoms with Crippen molar-refractivity contribution >= 4 is 26.7 Å². The Kier molecular flexibility index (Phi) is 5.76. The minimum Gasteiger partial charge on any atom is -0.316 e. The highest BCUT2D eigenvalue weighted by molar-refractivity contribution is 7.90. The first kappa shape index (κ1) is 15.7. The average Bonchev–Trinajstić information content (AvgIpc) is 2.92. The van der Waals surface area contributed by atoms with Gasteiger partial charge in [-0.25, -0.2) is 9.71 Å². The Hall–Kier alpha value is -0.700. The Balaban J connectivity index is 1.90. The van der Waals surface area contributed by atoms with Gasteiger partial charge in [0.15, 0.2) is 5.13 Å². The number of aromatic nitrogens is 1. The Morgan fingerprint density at radius 1 is 1.55 bits per heavy atom. The van der Waals surface area contributed by atoms with Crippen LogP contribution in [0.5, 0.6) is 0 Å². The van der Waals surface area contributed by atoms with E-state index in [1.165, 1.54) is 15.6 Å². The summed E-state index contributed by atoms with van der Waals surface area (Å²) in [5.74, 6) is 0.392. The molecule has 1 atom stereocenters. The first-order valence-corrected chi connectivity index (χ1v) is 9.32. The lowest BCUT2D eigenvalue weighted by molar-refractivity contribution is 0.261. The Morgan fingerprint density at radius 2 is 2.40 bits per heavy atom. The summed E-state index contributed by atoms with van der Waals surface area (Å²) in [6, 6.07) is 0. The molecule has 0 bridgehead atoms. The summed E-state index contributed by atoms with van der Waals surface area (Å²) in [4.78, 5) is 3.97. The molecule has 0 spiro atoms. The maximum atomic E-state index is 12.3. The molecule has 1 aliphatic rings. The Labute approximate surface area is 124 Å². The highest BCUT2D eigenvalue weighted by Crippen LogP contribution is 2.21. The monoisotopic (exact) mass is 318 g/mol.